The van der Waals surface area contributed by atoms with Gasteiger partial charge in [-0.15, -0.1) is 0 Å². The standard InChI is InChI=1S/C24H18ClF5N2OS/c1-34(33)18-9-5-7-16(13-18)15-6-4-8-17(12-15)21-14-22(23(26,27)24(28,29)30)31-32(21)20-11-3-2-10-19(20)25/h2-13,21H,14H2,1H3. The number of hydrogen-bond donors (Lipinski definition) is 0. The van der Waals surface area contributed by atoms with E-state index in [1.54, 1.807) is 66.9 Å². The van der Waals surface area contributed by atoms with E-state index in [1.807, 2.05) is 0 Å². The molecule has 2 atom stereocenters. The third-order valence-electron chi connectivity index (χ3n) is 5.50. The summed E-state index contributed by atoms with van der Waals surface area (Å²) in [5.74, 6) is -5.08. The van der Waals surface area contributed by atoms with Crippen LogP contribution in [0, 0.1) is 0 Å². The summed E-state index contributed by atoms with van der Waals surface area (Å²) in [5, 5.41) is 5.00. The van der Waals surface area contributed by atoms with Crippen LogP contribution < -0.4 is 5.01 Å². The molecule has 178 valence electrons. The van der Waals surface area contributed by atoms with Gasteiger partial charge in [0.25, 0.3) is 0 Å². The molecular weight excluding hydrogens is 495 g/mol. The summed E-state index contributed by atoms with van der Waals surface area (Å²) in [6.45, 7) is 0. The van der Waals surface area contributed by atoms with Crippen LogP contribution in [0.25, 0.3) is 11.1 Å². The lowest BCUT2D eigenvalue weighted by Gasteiger charge is -2.25. The van der Waals surface area contributed by atoms with Crippen molar-refractivity contribution in [1.29, 1.82) is 0 Å². The van der Waals surface area contributed by atoms with Crippen molar-refractivity contribution in [1.82, 2.24) is 0 Å². The molecule has 0 saturated heterocycles. The fraction of sp³-hybridized carbons (Fsp3) is 0.208. The van der Waals surface area contributed by atoms with Gasteiger partial charge in [-0.25, -0.2) is 0 Å². The molecule has 0 radical (unpaired) electrons. The van der Waals surface area contributed by atoms with E-state index in [2.05, 4.69) is 5.10 Å². The minimum atomic E-state index is -5.77. The Bertz CT molecular complexity index is 1280. The van der Waals surface area contributed by atoms with Crippen molar-refractivity contribution in [3.63, 3.8) is 0 Å². The zero-order valence-corrected chi connectivity index (χ0v) is 19.3. The fourth-order valence-corrected chi connectivity index (χ4v) is 4.55. The number of nitrogens with zero attached hydrogens (tertiary/aromatic N) is 2. The van der Waals surface area contributed by atoms with Crippen LogP contribution in [0.15, 0.2) is 82.8 Å². The molecular formula is C24H18ClF5N2OS. The molecule has 0 N–H and O–H groups in total. The smallest absolute Gasteiger partial charge is 0.256 e. The van der Waals surface area contributed by atoms with Gasteiger partial charge in [0.2, 0.25) is 0 Å². The molecule has 3 nitrogen and oxygen atoms in total. The van der Waals surface area contributed by atoms with Crippen molar-refractivity contribution in [2.75, 3.05) is 11.3 Å². The van der Waals surface area contributed by atoms with Crippen molar-refractivity contribution in [3.8, 4) is 11.1 Å². The highest BCUT2D eigenvalue weighted by Crippen LogP contribution is 2.46. The molecule has 3 aromatic carbocycles. The van der Waals surface area contributed by atoms with Crippen LogP contribution in [-0.2, 0) is 10.8 Å². The highest BCUT2D eigenvalue weighted by atomic mass is 35.5. The SMILES string of the molecule is CS(=O)c1cccc(-c2cccc(C3CC(C(F)(F)C(F)(F)F)=NN3c3ccccc3Cl)c2)c1. The fourth-order valence-electron chi connectivity index (χ4n) is 3.76. The van der Waals surface area contributed by atoms with Crippen LogP contribution in [0.5, 0.6) is 0 Å². The topological polar surface area (TPSA) is 32.7 Å². The number of hydrazone groups is 1. The van der Waals surface area contributed by atoms with E-state index in [-0.39, 0.29) is 10.7 Å². The average molecular weight is 513 g/mol. The summed E-state index contributed by atoms with van der Waals surface area (Å²) in [6, 6.07) is 19.1. The van der Waals surface area contributed by atoms with Crippen molar-refractivity contribution in [2.24, 2.45) is 5.10 Å². The number of alkyl halides is 5. The zero-order chi connectivity index (χ0) is 24.7. The molecule has 1 aliphatic rings. The van der Waals surface area contributed by atoms with E-state index in [9.17, 15) is 26.2 Å². The van der Waals surface area contributed by atoms with E-state index in [4.69, 9.17) is 11.6 Å². The van der Waals surface area contributed by atoms with E-state index >= 15 is 0 Å². The largest absolute Gasteiger partial charge is 0.459 e. The summed E-state index contributed by atoms with van der Waals surface area (Å²) >= 11 is 6.23. The monoisotopic (exact) mass is 512 g/mol. The summed E-state index contributed by atoms with van der Waals surface area (Å²) in [5.41, 5.74) is 0.852. The second-order valence-electron chi connectivity index (χ2n) is 7.74. The van der Waals surface area contributed by atoms with Crippen LogP contribution in [0.3, 0.4) is 0 Å². The second-order valence-corrected chi connectivity index (χ2v) is 9.53. The number of anilines is 1. The van der Waals surface area contributed by atoms with Gasteiger partial charge in [0.05, 0.1) is 16.8 Å². The summed E-state index contributed by atoms with van der Waals surface area (Å²) in [6.07, 6.45) is -4.86. The predicted molar refractivity (Wildman–Crippen MR) is 124 cm³/mol. The maximum Gasteiger partial charge on any atom is 0.459 e. The molecule has 0 spiro atoms. The molecule has 3 aromatic rings. The van der Waals surface area contributed by atoms with E-state index in [0.717, 1.165) is 10.6 Å². The molecule has 34 heavy (non-hydrogen) atoms. The van der Waals surface area contributed by atoms with Gasteiger partial charge in [-0.1, -0.05) is 54.1 Å². The molecule has 0 amide bonds. The van der Waals surface area contributed by atoms with Crippen LogP contribution in [-0.4, -0.2) is 28.3 Å². The first-order chi connectivity index (χ1) is 16.0. The first-order valence-corrected chi connectivity index (χ1v) is 12.0. The second kappa shape index (κ2) is 9.11. The molecule has 0 fully saturated rings. The number of hydrogen-bond acceptors (Lipinski definition) is 3. The Kier molecular flexibility index (Phi) is 6.52. The first kappa shape index (κ1) is 24.3. The Morgan fingerprint density at radius 3 is 2.24 bits per heavy atom. The Morgan fingerprint density at radius 1 is 0.941 bits per heavy atom. The Hall–Kier alpha value is -2.78. The van der Waals surface area contributed by atoms with Gasteiger partial charge in [0.1, 0.15) is 5.71 Å². The van der Waals surface area contributed by atoms with E-state index in [0.29, 0.717) is 16.0 Å². The van der Waals surface area contributed by atoms with Crippen molar-refractivity contribution in [3.05, 3.63) is 83.4 Å². The van der Waals surface area contributed by atoms with Gasteiger partial charge in [-0.3, -0.25) is 9.22 Å². The maximum atomic E-state index is 14.2. The van der Waals surface area contributed by atoms with Gasteiger partial charge >= 0.3 is 12.1 Å². The average Bonchev–Trinajstić information content (AvgIpc) is 3.25. The highest BCUT2D eigenvalue weighted by molar-refractivity contribution is 7.84. The van der Waals surface area contributed by atoms with Gasteiger partial charge in [-0.05, 0) is 47.0 Å². The zero-order valence-electron chi connectivity index (χ0n) is 17.7. The lowest BCUT2D eigenvalue weighted by Crippen LogP contribution is -2.43. The molecule has 0 bridgehead atoms. The van der Waals surface area contributed by atoms with Crippen molar-refractivity contribution < 1.29 is 26.2 Å². The third kappa shape index (κ3) is 4.59. The summed E-state index contributed by atoms with van der Waals surface area (Å²) in [4.78, 5) is 0.608. The van der Waals surface area contributed by atoms with Gasteiger partial charge in [-0.2, -0.15) is 27.1 Å². The quantitative estimate of drug-likeness (QED) is 0.337. The van der Waals surface area contributed by atoms with Gasteiger partial charge < -0.3 is 0 Å². The van der Waals surface area contributed by atoms with Crippen LogP contribution in [0.4, 0.5) is 27.6 Å². The predicted octanol–water partition coefficient (Wildman–Crippen LogP) is 7.25. The van der Waals surface area contributed by atoms with Gasteiger partial charge in [0.15, 0.2) is 0 Å². The molecule has 0 aromatic heterocycles. The molecule has 0 saturated carbocycles. The van der Waals surface area contributed by atoms with Crippen molar-refractivity contribution in [2.45, 2.75) is 29.5 Å². The first-order valence-electron chi connectivity index (χ1n) is 10.1. The Balaban J connectivity index is 1.79. The molecule has 10 heteroatoms. The molecule has 2 unspecified atom stereocenters. The van der Waals surface area contributed by atoms with E-state index in [1.165, 1.54) is 12.1 Å². The third-order valence-corrected chi connectivity index (χ3v) is 6.74. The molecule has 4 rings (SSSR count). The normalized spacial score (nSPS) is 17.6. The van der Waals surface area contributed by atoms with Crippen LogP contribution >= 0.6 is 11.6 Å². The Labute approximate surface area is 200 Å². The maximum absolute atomic E-state index is 14.2. The lowest BCUT2D eigenvalue weighted by atomic mass is 9.95. The van der Waals surface area contributed by atoms with Crippen LogP contribution in [0.1, 0.15) is 18.0 Å². The summed E-state index contributed by atoms with van der Waals surface area (Å²) in [7, 11) is -1.21. The molecule has 1 heterocycles. The number of halogens is 6. The highest BCUT2D eigenvalue weighted by Gasteiger charge is 2.62. The number of para-hydroxylation sites is 1. The molecule has 0 aliphatic carbocycles. The molecule has 1 aliphatic heterocycles. The lowest BCUT2D eigenvalue weighted by molar-refractivity contribution is -0.249. The Morgan fingerprint density at radius 2 is 1.59 bits per heavy atom. The van der Waals surface area contributed by atoms with E-state index < -0.39 is 41.1 Å². The van der Waals surface area contributed by atoms with Crippen LogP contribution in [0.2, 0.25) is 5.02 Å². The number of rotatable bonds is 5. The van der Waals surface area contributed by atoms with Gasteiger partial charge in [0, 0.05) is 28.4 Å². The minimum absolute atomic E-state index is 0.169. The number of benzene rings is 3. The van der Waals surface area contributed by atoms with Crippen molar-refractivity contribution >= 4 is 33.8 Å². The minimum Gasteiger partial charge on any atom is -0.256 e. The summed E-state index contributed by atoms with van der Waals surface area (Å²) < 4.78 is 79.7.